The van der Waals surface area contributed by atoms with Crippen LogP contribution in [0.25, 0.3) is 0 Å². The van der Waals surface area contributed by atoms with E-state index in [0.29, 0.717) is 24.8 Å². The monoisotopic (exact) mass is 250 g/mol. The van der Waals surface area contributed by atoms with Crippen molar-refractivity contribution < 1.29 is 9.13 Å². The average molecular weight is 250 g/mol. The van der Waals surface area contributed by atoms with Crippen LogP contribution in [-0.2, 0) is 6.54 Å². The molecule has 0 radical (unpaired) electrons. The van der Waals surface area contributed by atoms with Crippen LogP contribution in [0.2, 0.25) is 0 Å². The van der Waals surface area contributed by atoms with Crippen molar-refractivity contribution in [3.63, 3.8) is 0 Å². The van der Waals surface area contributed by atoms with Gasteiger partial charge in [0.15, 0.2) is 5.82 Å². The molecule has 1 heterocycles. The van der Waals surface area contributed by atoms with E-state index in [-0.39, 0.29) is 11.7 Å². The van der Waals surface area contributed by atoms with E-state index in [1.54, 1.807) is 12.3 Å². The first kappa shape index (κ1) is 11.9. The summed E-state index contributed by atoms with van der Waals surface area (Å²) in [5.74, 6) is 0.653. The van der Waals surface area contributed by atoms with Crippen molar-refractivity contribution in [2.24, 2.45) is 5.92 Å². The fraction of sp³-hybridized carbons (Fsp3) is 0.643. The van der Waals surface area contributed by atoms with Gasteiger partial charge in [-0.1, -0.05) is 12.8 Å². The van der Waals surface area contributed by atoms with Gasteiger partial charge in [-0.25, -0.2) is 9.37 Å². The summed E-state index contributed by atoms with van der Waals surface area (Å²) in [5.41, 5.74) is 0.651. The van der Waals surface area contributed by atoms with Crippen molar-refractivity contribution in [2.75, 3.05) is 6.61 Å². The first-order valence-electron chi connectivity index (χ1n) is 6.82. The summed E-state index contributed by atoms with van der Waals surface area (Å²) in [6.45, 7) is 1.14. The van der Waals surface area contributed by atoms with Gasteiger partial charge in [0.2, 0.25) is 0 Å². The number of hydrogen-bond donors (Lipinski definition) is 1. The molecule has 3 nitrogen and oxygen atoms in total. The molecule has 1 aromatic rings. The third-order valence-corrected chi connectivity index (χ3v) is 3.56. The fourth-order valence-corrected chi connectivity index (χ4v) is 1.97. The van der Waals surface area contributed by atoms with Crippen LogP contribution >= 0.6 is 0 Å². The van der Waals surface area contributed by atoms with E-state index >= 15 is 0 Å². The largest absolute Gasteiger partial charge is 0.476 e. The second-order valence-electron chi connectivity index (χ2n) is 5.32. The standard InChI is InChI=1S/C14H19FN2O/c15-13-11(9-17-12-3-4-12)5-7-16-14(13)18-8-6-10-1-2-10/h5,7,10,12,17H,1-4,6,8-9H2. The first-order valence-corrected chi connectivity index (χ1v) is 6.82. The maximum absolute atomic E-state index is 14.1. The third kappa shape index (κ3) is 3.19. The lowest BCUT2D eigenvalue weighted by atomic mass is 10.2. The molecule has 1 N–H and O–H groups in total. The van der Waals surface area contributed by atoms with Crippen LogP contribution in [0, 0.1) is 11.7 Å². The summed E-state index contributed by atoms with van der Waals surface area (Å²) in [6, 6.07) is 2.30. The number of ether oxygens (including phenoxy) is 1. The Balaban J connectivity index is 1.55. The minimum Gasteiger partial charge on any atom is -0.476 e. The van der Waals surface area contributed by atoms with Crippen LogP contribution in [0.5, 0.6) is 5.88 Å². The zero-order valence-corrected chi connectivity index (χ0v) is 10.5. The highest BCUT2D eigenvalue weighted by molar-refractivity contribution is 5.23. The summed E-state index contributed by atoms with van der Waals surface area (Å²) in [5, 5.41) is 3.30. The smallest absolute Gasteiger partial charge is 0.250 e. The molecule has 2 aliphatic rings. The highest BCUT2D eigenvalue weighted by Crippen LogP contribution is 2.32. The minimum atomic E-state index is -0.304. The van der Waals surface area contributed by atoms with Crippen molar-refractivity contribution >= 4 is 0 Å². The minimum absolute atomic E-state index is 0.158. The van der Waals surface area contributed by atoms with E-state index in [1.807, 2.05) is 0 Å². The predicted molar refractivity (Wildman–Crippen MR) is 66.9 cm³/mol. The van der Waals surface area contributed by atoms with Crippen molar-refractivity contribution in [1.82, 2.24) is 10.3 Å². The Kier molecular flexibility index (Phi) is 3.46. The Bertz CT molecular complexity index is 416. The van der Waals surface area contributed by atoms with E-state index in [4.69, 9.17) is 4.74 Å². The number of rotatable bonds is 7. The topological polar surface area (TPSA) is 34.2 Å². The molecular weight excluding hydrogens is 231 g/mol. The SMILES string of the molecule is Fc1c(CNC2CC2)ccnc1OCCC1CC1. The number of pyridine rings is 1. The van der Waals surface area contributed by atoms with Crippen LogP contribution < -0.4 is 10.1 Å². The third-order valence-electron chi connectivity index (χ3n) is 3.56. The van der Waals surface area contributed by atoms with E-state index < -0.39 is 0 Å². The van der Waals surface area contributed by atoms with E-state index in [2.05, 4.69) is 10.3 Å². The lowest BCUT2D eigenvalue weighted by Gasteiger charge is -2.09. The molecule has 4 heteroatoms. The van der Waals surface area contributed by atoms with Crippen LogP contribution in [-0.4, -0.2) is 17.6 Å². The zero-order valence-electron chi connectivity index (χ0n) is 10.5. The Morgan fingerprint density at radius 2 is 2.17 bits per heavy atom. The first-order chi connectivity index (χ1) is 8.83. The molecule has 2 fully saturated rings. The fourth-order valence-electron chi connectivity index (χ4n) is 1.97. The molecule has 0 amide bonds. The Morgan fingerprint density at radius 1 is 1.33 bits per heavy atom. The predicted octanol–water partition coefficient (Wildman–Crippen LogP) is 2.65. The molecule has 18 heavy (non-hydrogen) atoms. The molecule has 3 rings (SSSR count). The summed E-state index contributed by atoms with van der Waals surface area (Å²) >= 11 is 0. The second-order valence-corrected chi connectivity index (χ2v) is 5.32. The number of hydrogen-bond acceptors (Lipinski definition) is 3. The van der Waals surface area contributed by atoms with E-state index in [1.165, 1.54) is 25.7 Å². The van der Waals surface area contributed by atoms with Gasteiger partial charge in [0.05, 0.1) is 6.61 Å². The van der Waals surface area contributed by atoms with Gasteiger partial charge in [0.25, 0.3) is 5.88 Å². The number of nitrogens with zero attached hydrogens (tertiary/aromatic N) is 1. The lowest BCUT2D eigenvalue weighted by molar-refractivity contribution is 0.275. The molecule has 0 spiro atoms. The molecular formula is C14H19FN2O. The molecule has 2 saturated carbocycles. The van der Waals surface area contributed by atoms with Gasteiger partial charge in [-0.05, 0) is 31.2 Å². The van der Waals surface area contributed by atoms with Crippen molar-refractivity contribution in [3.8, 4) is 5.88 Å². The van der Waals surface area contributed by atoms with Crippen molar-refractivity contribution in [1.29, 1.82) is 0 Å². The Hall–Kier alpha value is -1.16. The Labute approximate surface area is 107 Å². The van der Waals surface area contributed by atoms with Gasteiger partial charge < -0.3 is 10.1 Å². The Morgan fingerprint density at radius 3 is 2.89 bits per heavy atom. The number of halogens is 1. The molecule has 0 aromatic carbocycles. The summed E-state index contributed by atoms with van der Waals surface area (Å²) in [6.07, 6.45) is 7.65. The maximum Gasteiger partial charge on any atom is 0.250 e. The molecule has 0 unspecified atom stereocenters. The van der Waals surface area contributed by atoms with Crippen LogP contribution in [0.3, 0.4) is 0 Å². The van der Waals surface area contributed by atoms with Crippen LogP contribution in [0.4, 0.5) is 4.39 Å². The quantitative estimate of drug-likeness (QED) is 0.807. The van der Waals surface area contributed by atoms with Crippen molar-refractivity contribution in [3.05, 3.63) is 23.6 Å². The molecule has 0 bridgehead atoms. The molecule has 1 aromatic heterocycles. The van der Waals surface area contributed by atoms with Crippen molar-refractivity contribution in [2.45, 2.75) is 44.7 Å². The van der Waals surface area contributed by atoms with Gasteiger partial charge in [0.1, 0.15) is 0 Å². The van der Waals surface area contributed by atoms with Crippen LogP contribution in [0.15, 0.2) is 12.3 Å². The molecule has 0 saturated heterocycles. The number of aromatic nitrogens is 1. The van der Waals surface area contributed by atoms with Gasteiger partial charge in [-0.2, -0.15) is 0 Å². The summed E-state index contributed by atoms with van der Waals surface area (Å²) < 4.78 is 19.5. The number of nitrogens with one attached hydrogen (secondary N) is 1. The van der Waals surface area contributed by atoms with E-state index in [0.717, 1.165) is 12.3 Å². The summed E-state index contributed by atoms with van der Waals surface area (Å²) in [7, 11) is 0. The van der Waals surface area contributed by atoms with Gasteiger partial charge in [-0.15, -0.1) is 0 Å². The normalized spacial score (nSPS) is 18.9. The molecule has 0 atom stereocenters. The van der Waals surface area contributed by atoms with Gasteiger partial charge in [-0.3, -0.25) is 0 Å². The molecule has 2 aliphatic carbocycles. The molecule has 0 aliphatic heterocycles. The lowest BCUT2D eigenvalue weighted by Crippen LogP contribution is -2.16. The van der Waals surface area contributed by atoms with Gasteiger partial charge in [0, 0.05) is 24.3 Å². The van der Waals surface area contributed by atoms with Crippen LogP contribution in [0.1, 0.15) is 37.7 Å². The maximum atomic E-state index is 14.1. The average Bonchev–Trinajstić information content (AvgIpc) is 3.25. The van der Waals surface area contributed by atoms with Gasteiger partial charge >= 0.3 is 0 Å². The highest BCUT2D eigenvalue weighted by atomic mass is 19.1. The molecule has 98 valence electrons. The summed E-state index contributed by atoms with van der Waals surface area (Å²) in [4.78, 5) is 3.97. The highest BCUT2D eigenvalue weighted by Gasteiger charge is 2.22. The zero-order chi connectivity index (χ0) is 12.4. The van der Waals surface area contributed by atoms with E-state index in [9.17, 15) is 4.39 Å². The second kappa shape index (κ2) is 5.22.